The Labute approximate surface area is 190 Å². The summed E-state index contributed by atoms with van der Waals surface area (Å²) in [5.41, 5.74) is 2.12. The molecule has 0 aliphatic carbocycles. The molecular weight excluding hydrogens is 422 g/mol. The van der Waals surface area contributed by atoms with Crippen LogP contribution in [-0.4, -0.2) is 42.3 Å². The maximum Gasteiger partial charge on any atom is 0.243 e. The van der Waals surface area contributed by atoms with Crippen molar-refractivity contribution in [3.05, 3.63) is 66.4 Å². The molecule has 0 radical (unpaired) electrons. The van der Waals surface area contributed by atoms with Gasteiger partial charge in [0.1, 0.15) is 6.54 Å². The molecule has 1 aliphatic rings. The molecule has 1 aliphatic heterocycles. The summed E-state index contributed by atoms with van der Waals surface area (Å²) in [5.74, 6) is -0.0481. The molecule has 4 rings (SSSR count). The van der Waals surface area contributed by atoms with Crippen LogP contribution in [0.3, 0.4) is 0 Å². The molecule has 0 unspecified atom stereocenters. The van der Waals surface area contributed by atoms with Crippen LogP contribution in [-0.2, 0) is 27.8 Å². The zero-order chi connectivity index (χ0) is 22.6. The molecule has 2 heterocycles. The normalized spacial score (nSPS) is 16.2. The van der Waals surface area contributed by atoms with E-state index >= 15 is 0 Å². The van der Waals surface area contributed by atoms with Gasteiger partial charge in [0, 0.05) is 36.2 Å². The Morgan fingerprint density at radius 2 is 1.78 bits per heavy atom. The van der Waals surface area contributed by atoms with Crippen molar-refractivity contribution < 1.29 is 13.2 Å². The highest BCUT2D eigenvalue weighted by molar-refractivity contribution is 7.89. The summed E-state index contributed by atoms with van der Waals surface area (Å²) in [6.07, 6.45) is 6.55. The van der Waals surface area contributed by atoms with Gasteiger partial charge in [0.25, 0.3) is 0 Å². The van der Waals surface area contributed by atoms with E-state index in [0.29, 0.717) is 18.0 Å². The molecule has 7 heteroatoms. The van der Waals surface area contributed by atoms with E-state index in [9.17, 15) is 13.2 Å². The molecule has 1 N–H and O–H groups in total. The minimum atomic E-state index is -3.47. The van der Waals surface area contributed by atoms with Gasteiger partial charge in [-0.25, -0.2) is 8.42 Å². The lowest BCUT2D eigenvalue weighted by Crippen LogP contribution is -2.35. The molecule has 0 spiro atoms. The van der Waals surface area contributed by atoms with Gasteiger partial charge in [0.2, 0.25) is 15.9 Å². The Balaban J connectivity index is 1.39. The highest BCUT2D eigenvalue weighted by atomic mass is 32.2. The van der Waals surface area contributed by atoms with Crippen LogP contribution in [0.15, 0.2) is 65.7 Å². The van der Waals surface area contributed by atoms with Crippen LogP contribution in [0.2, 0.25) is 0 Å². The maximum absolute atomic E-state index is 13.0. The lowest BCUT2D eigenvalue weighted by molar-refractivity contribution is -0.122. The summed E-state index contributed by atoms with van der Waals surface area (Å²) in [6.45, 7) is 3.40. The largest absolute Gasteiger partial charge is 0.352 e. The van der Waals surface area contributed by atoms with E-state index in [-0.39, 0.29) is 18.5 Å². The molecule has 1 amide bonds. The number of rotatable bonds is 8. The minimum absolute atomic E-state index is 0.0481. The summed E-state index contributed by atoms with van der Waals surface area (Å²) in [5, 5.41) is 3.90. The number of hydrogen-bond acceptors (Lipinski definition) is 3. The number of amides is 1. The van der Waals surface area contributed by atoms with Crippen molar-refractivity contribution >= 4 is 26.8 Å². The maximum atomic E-state index is 13.0. The first-order chi connectivity index (χ1) is 15.4. The van der Waals surface area contributed by atoms with Gasteiger partial charge < -0.3 is 9.88 Å². The van der Waals surface area contributed by atoms with E-state index in [1.807, 2.05) is 42.0 Å². The number of sulfonamides is 1. The number of carbonyl (C=O) groups is 1. The van der Waals surface area contributed by atoms with Crippen LogP contribution in [0, 0.1) is 0 Å². The Kier molecular flexibility index (Phi) is 6.96. The fourth-order valence-corrected chi connectivity index (χ4v) is 5.86. The van der Waals surface area contributed by atoms with Gasteiger partial charge in [-0.1, -0.05) is 36.8 Å². The predicted molar refractivity (Wildman–Crippen MR) is 127 cm³/mol. The van der Waals surface area contributed by atoms with Crippen LogP contribution in [0.1, 0.15) is 38.2 Å². The SMILES string of the molecule is C[C@@H](CCc1ccccc1)NC(=O)Cn1ccc2cc(S(=O)(=O)N3CCCCC3)ccc21. The van der Waals surface area contributed by atoms with Gasteiger partial charge >= 0.3 is 0 Å². The zero-order valence-electron chi connectivity index (χ0n) is 18.5. The molecule has 170 valence electrons. The monoisotopic (exact) mass is 453 g/mol. The molecule has 3 aromatic rings. The van der Waals surface area contributed by atoms with E-state index in [0.717, 1.165) is 43.0 Å². The molecule has 1 saturated heterocycles. The van der Waals surface area contributed by atoms with Crippen molar-refractivity contribution in [2.24, 2.45) is 0 Å². The molecule has 0 bridgehead atoms. The first-order valence-corrected chi connectivity index (χ1v) is 12.8. The summed E-state index contributed by atoms with van der Waals surface area (Å²) < 4.78 is 29.4. The second-order valence-electron chi connectivity index (χ2n) is 8.62. The van der Waals surface area contributed by atoms with Crippen molar-refractivity contribution in [3.8, 4) is 0 Å². The number of benzene rings is 2. The summed E-state index contributed by atoms with van der Waals surface area (Å²) in [7, 11) is -3.47. The van der Waals surface area contributed by atoms with Crippen LogP contribution >= 0.6 is 0 Å². The van der Waals surface area contributed by atoms with E-state index in [1.54, 1.807) is 22.5 Å². The van der Waals surface area contributed by atoms with Crippen molar-refractivity contribution in [2.75, 3.05) is 13.1 Å². The highest BCUT2D eigenvalue weighted by Crippen LogP contribution is 2.25. The number of nitrogens with one attached hydrogen (secondary N) is 1. The summed E-state index contributed by atoms with van der Waals surface area (Å²) in [4.78, 5) is 12.9. The van der Waals surface area contributed by atoms with Crippen molar-refractivity contribution in [1.82, 2.24) is 14.2 Å². The topological polar surface area (TPSA) is 71.4 Å². The lowest BCUT2D eigenvalue weighted by Gasteiger charge is -2.25. The van der Waals surface area contributed by atoms with Gasteiger partial charge in [-0.15, -0.1) is 0 Å². The number of fused-ring (bicyclic) bond motifs is 1. The van der Waals surface area contributed by atoms with E-state index in [4.69, 9.17) is 0 Å². The molecular formula is C25H31N3O3S. The van der Waals surface area contributed by atoms with Crippen molar-refractivity contribution in [3.63, 3.8) is 0 Å². The second-order valence-corrected chi connectivity index (χ2v) is 10.6. The predicted octanol–water partition coefficient (Wildman–Crippen LogP) is 3.95. The third-order valence-corrected chi connectivity index (χ3v) is 8.02. The molecule has 2 aromatic carbocycles. The average molecular weight is 454 g/mol. The Morgan fingerprint density at radius 3 is 2.53 bits per heavy atom. The first kappa shape index (κ1) is 22.6. The molecule has 1 atom stereocenters. The van der Waals surface area contributed by atoms with Crippen molar-refractivity contribution in [1.29, 1.82) is 0 Å². The van der Waals surface area contributed by atoms with Crippen LogP contribution < -0.4 is 5.32 Å². The smallest absolute Gasteiger partial charge is 0.243 e. The summed E-state index contributed by atoms with van der Waals surface area (Å²) in [6, 6.07) is 17.4. The van der Waals surface area contributed by atoms with E-state index in [1.165, 1.54) is 5.56 Å². The Bertz CT molecular complexity index is 1170. The first-order valence-electron chi connectivity index (χ1n) is 11.4. The fourth-order valence-electron chi connectivity index (χ4n) is 4.31. The standard InChI is InChI=1S/C25H31N3O3S/c1-20(10-11-21-8-4-2-5-9-21)26-25(29)19-27-17-14-22-18-23(12-13-24(22)27)32(30,31)28-15-6-3-7-16-28/h2,4-5,8-9,12-14,17-18,20H,3,6-7,10-11,15-16,19H2,1H3,(H,26,29)/t20-/m0/s1. The summed E-state index contributed by atoms with van der Waals surface area (Å²) >= 11 is 0. The molecule has 0 saturated carbocycles. The number of hydrogen-bond donors (Lipinski definition) is 1. The van der Waals surface area contributed by atoms with Gasteiger partial charge in [-0.05, 0) is 62.4 Å². The lowest BCUT2D eigenvalue weighted by atomic mass is 10.1. The van der Waals surface area contributed by atoms with Crippen LogP contribution in [0.4, 0.5) is 0 Å². The minimum Gasteiger partial charge on any atom is -0.352 e. The number of piperidine rings is 1. The highest BCUT2D eigenvalue weighted by Gasteiger charge is 2.26. The van der Waals surface area contributed by atoms with Crippen LogP contribution in [0.25, 0.3) is 10.9 Å². The van der Waals surface area contributed by atoms with Crippen LogP contribution in [0.5, 0.6) is 0 Å². The molecule has 32 heavy (non-hydrogen) atoms. The van der Waals surface area contributed by atoms with Gasteiger partial charge in [-0.2, -0.15) is 4.31 Å². The van der Waals surface area contributed by atoms with Gasteiger partial charge in [-0.3, -0.25) is 4.79 Å². The quantitative estimate of drug-likeness (QED) is 0.561. The third-order valence-electron chi connectivity index (χ3n) is 6.13. The molecule has 1 fully saturated rings. The van der Waals surface area contributed by atoms with Gasteiger partial charge in [0.15, 0.2) is 0 Å². The zero-order valence-corrected chi connectivity index (χ0v) is 19.4. The third kappa shape index (κ3) is 5.22. The number of aryl methyl sites for hydroxylation is 1. The number of nitrogens with zero attached hydrogens (tertiary/aromatic N) is 2. The van der Waals surface area contributed by atoms with Crippen molar-refractivity contribution in [2.45, 2.75) is 56.5 Å². The van der Waals surface area contributed by atoms with E-state index < -0.39 is 10.0 Å². The number of aromatic nitrogens is 1. The Morgan fingerprint density at radius 1 is 1.03 bits per heavy atom. The Hall–Kier alpha value is -2.64. The van der Waals surface area contributed by atoms with E-state index in [2.05, 4.69) is 17.4 Å². The molecule has 6 nitrogen and oxygen atoms in total. The fraction of sp³-hybridized carbons (Fsp3) is 0.400. The number of carbonyl (C=O) groups excluding carboxylic acids is 1. The van der Waals surface area contributed by atoms with Gasteiger partial charge in [0.05, 0.1) is 4.90 Å². The average Bonchev–Trinajstić information content (AvgIpc) is 3.21. The second kappa shape index (κ2) is 9.88. The molecule has 1 aromatic heterocycles.